The molecule has 0 saturated heterocycles. The predicted molar refractivity (Wildman–Crippen MR) is 175 cm³/mol. The summed E-state index contributed by atoms with van der Waals surface area (Å²) in [4.78, 5) is 7.23. The normalized spacial score (nSPS) is 12.0. The van der Waals surface area contributed by atoms with Gasteiger partial charge in [0.15, 0.2) is 0 Å². The van der Waals surface area contributed by atoms with E-state index in [4.69, 9.17) is 0 Å². The van der Waals surface area contributed by atoms with Gasteiger partial charge >= 0.3 is 16.8 Å². The summed E-state index contributed by atoms with van der Waals surface area (Å²) in [5.74, 6) is 0. The van der Waals surface area contributed by atoms with E-state index in [-0.39, 0.29) is 41.6 Å². The molecule has 2 N–H and O–H groups in total. The van der Waals surface area contributed by atoms with Crippen LogP contribution in [0.1, 0.15) is 94.5 Å². The molecule has 241 valence electrons. The molecule has 3 rings (SSSR count). The van der Waals surface area contributed by atoms with Crippen LogP contribution in [0.2, 0.25) is 0 Å². The van der Waals surface area contributed by atoms with Gasteiger partial charge in [-0.2, -0.15) is 0 Å². The van der Waals surface area contributed by atoms with Crippen LogP contribution in [0.5, 0.6) is 0 Å². The van der Waals surface area contributed by atoms with Crippen molar-refractivity contribution < 1.29 is 41.6 Å². The van der Waals surface area contributed by atoms with Gasteiger partial charge in [0, 0.05) is 49.3 Å². The predicted octanol–water partition coefficient (Wildman–Crippen LogP) is 2.26. The van der Waals surface area contributed by atoms with E-state index in [9.17, 15) is 0 Å². The van der Waals surface area contributed by atoms with Gasteiger partial charge in [0.05, 0.1) is 5.69 Å². The van der Waals surface area contributed by atoms with Gasteiger partial charge in [-0.3, -0.25) is 9.88 Å². The van der Waals surface area contributed by atoms with Crippen molar-refractivity contribution in [1.29, 1.82) is 0 Å². The van der Waals surface area contributed by atoms with Crippen LogP contribution < -0.4 is 35.4 Å². The second kappa shape index (κ2) is 21.1. The Morgan fingerprint density at radius 1 is 0.628 bits per heavy atom. The standard InChI is InChI=1S/C36H54N4.2ClH.Co/c1-9-28-19-30(11-3)35(31(12-4)20-28)38-26(7)23-40(25-34-17-15-16-18-37-34)24-27(8)39-36-32(13-5)21-29(10-2)22-33(36)14-6;;;/h15-22,26-27,38-39H,9-14,23-25H2,1-8H3;2*1H;/q;;;+2/p-2. The number of hydrogen-bond acceptors (Lipinski definition) is 4. The minimum Gasteiger partial charge on any atom is -1.00 e. The first-order valence-corrected chi connectivity index (χ1v) is 15.8. The minimum absolute atomic E-state index is 0. The van der Waals surface area contributed by atoms with Gasteiger partial charge in [-0.25, -0.2) is 0 Å². The van der Waals surface area contributed by atoms with Crippen molar-refractivity contribution in [3.8, 4) is 0 Å². The zero-order valence-electron chi connectivity index (χ0n) is 27.6. The van der Waals surface area contributed by atoms with E-state index < -0.39 is 0 Å². The molecule has 0 aliphatic carbocycles. The number of nitrogens with zero attached hydrogens (tertiary/aromatic N) is 2. The van der Waals surface area contributed by atoms with Crippen LogP contribution in [0, 0.1) is 0 Å². The van der Waals surface area contributed by atoms with Gasteiger partial charge in [0.1, 0.15) is 0 Å². The maximum Gasteiger partial charge on any atom is 2.00 e. The average Bonchev–Trinajstić information content (AvgIpc) is 2.97. The molecule has 1 aromatic heterocycles. The molecule has 43 heavy (non-hydrogen) atoms. The Bertz CT molecular complexity index is 1080. The molecular formula is C36H54Cl2CoN4. The summed E-state index contributed by atoms with van der Waals surface area (Å²) in [5, 5.41) is 7.88. The molecule has 2 atom stereocenters. The maximum atomic E-state index is 4.67. The van der Waals surface area contributed by atoms with E-state index in [1.54, 1.807) is 0 Å². The van der Waals surface area contributed by atoms with E-state index in [0.717, 1.165) is 63.9 Å². The van der Waals surface area contributed by atoms with Gasteiger partial charge in [-0.05, 0) is 97.9 Å². The molecule has 0 spiro atoms. The topological polar surface area (TPSA) is 40.2 Å². The summed E-state index contributed by atoms with van der Waals surface area (Å²) < 4.78 is 0. The third kappa shape index (κ3) is 11.9. The fraction of sp³-hybridized carbons (Fsp3) is 0.528. The average molecular weight is 673 g/mol. The molecule has 1 radical (unpaired) electrons. The van der Waals surface area contributed by atoms with Gasteiger partial charge in [0.25, 0.3) is 0 Å². The molecule has 0 saturated carbocycles. The van der Waals surface area contributed by atoms with Crippen molar-refractivity contribution in [2.45, 2.75) is 113 Å². The van der Waals surface area contributed by atoms with Crippen LogP contribution in [0.3, 0.4) is 0 Å². The van der Waals surface area contributed by atoms with Crippen LogP contribution in [0.4, 0.5) is 11.4 Å². The van der Waals surface area contributed by atoms with Crippen molar-refractivity contribution >= 4 is 11.4 Å². The SMILES string of the molecule is CCc1cc(CC)c(NC(C)CN(Cc2ccccn2)CC(C)Nc2c(CC)cc(CC)cc2CC)c(CC)c1.[Cl-].[Cl-].[Co+2]. The Morgan fingerprint density at radius 2 is 1.02 bits per heavy atom. The van der Waals surface area contributed by atoms with Crippen molar-refractivity contribution in [2.75, 3.05) is 23.7 Å². The van der Waals surface area contributed by atoms with E-state index in [2.05, 4.69) is 112 Å². The summed E-state index contributed by atoms with van der Waals surface area (Å²) in [7, 11) is 0. The number of benzene rings is 2. The zero-order chi connectivity index (χ0) is 29.1. The molecule has 4 nitrogen and oxygen atoms in total. The summed E-state index contributed by atoms with van der Waals surface area (Å²) in [6.45, 7) is 21.0. The molecule has 1 heterocycles. The summed E-state index contributed by atoms with van der Waals surface area (Å²) in [5.41, 5.74) is 12.4. The first kappa shape index (κ1) is 41.2. The number of rotatable bonds is 16. The van der Waals surface area contributed by atoms with Gasteiger partial charge in [-0.15, -0.1) is 0 Å². The van der Waals surface area contributed by atoms with Crippen LogP contribution in [0.25, 0.3) is 0 Å². The largest absolute Gasteiger partial charge is 2.00 e. The summed E-state index contributed by atoms with van der Waals surface area (Å²) in [6, 6.07) is 16.4. The number of anilines is 2. The number of aryl methyl sites for hydroxylation is 6. The molecule has 0 amide bonds. The first-order chi connectivity index (χ1) is 19.3. The third-order valence-electron chi connectivity index (χ3n) is 8.02. The molecule has 2 unspecified atom stereocenters. The molecule has 0 fully saturated rings. The van der Waals surface area contributed by atoms with Crippen LogP contribution in [0.15, 0.2) is 48.7 Å². The van der Waals surface area contributed by atoms with Crippen molar-refractivity contribution in [3.05, 3.63) is 87.7 Å². The van der Waals surface area contributed by atoms with E-state index >= 15 is 0 Å². The molecule has 0 aliphatic heterocycles. The monoisotopic (exact) mass is 671 g/mol. The first-order valence-electron chi connectivity index (χ1n) is 15.8. The van der Waals surface area contributed by atoms with Crippen molar-refractivity contribution in [3.63, 3.8) is 0 Å². The van der Waals surface area contributed by atoms with Crippen molar-refractivity contribution in [1.82, 2.24) is 9.88 Å². The molecule has 0 bridgehead atoms. The van der Waals surface area contributed by atoms with Crippen LogP contribution in [-0.4, -0.2) is 35.1 Å². The Hall–Kier alpha value is -1.76. The molecule has 0 aliphatic rings. The molecular weight excluding hydrogens is 618 g/mol. The molecule has 7 heteroatoms. The van der Waals surface area contributed by atoms with E-state index in [0.29, 0.717) is 12.1 Å². The van der Waals surface area contributed by atoms with E-state index in [1.807, 2.05) is 12.3 Å². The Morgan fingerprint density at radius 3 is 1.33 bits per heavy atom. The second-order valence-corrected chi connectivity index (χ2v) is 11.3. The fourth-order valence-electron chi connectivity index (χ4n) is 5.86. The van der Waals surface area contributed by atoms with Gasteiger partial charge in [-0.1, -0.05) is 71.9 Å². The number of pyridine rings is 1. The molecule has 3 aromatic rings. The molecule has 2 aromatic carbocycles. The van der Waals surface area contributed by atoms with Crippen LogP contribution >= 0.6 is 0 Å². The quantitative estimate of drug-likeness (QED) is 0.245. The summed E-state index contributed by atoms with van der Waals surface area (Å²) in [6.07, 6.45) is 8.26. The number of aromatic nitrogens is 1. The maximum absolute atomic E-state index is 4.67. The van der Waals surface area contributed by atoms with Gasteiger partial charge in [0.2, 0.25) is 0 Å². The number of halogens is 2. The Labute approximate surface area is 285 Å². The Kier molecular flexibility index (Phi) is 20.2. The van der Waals surface area contributed by atoms with Crippen molar-refractivity contribution in [2.24, 2.45) is 0 Å². The van der Waals surface area contributed by atoms with Crippen LogP contribution in [-0.2, 0) is 61.8 Å². The van der Waals surface area contributed by atoms with Gasteiger partial charge < -0.3 is 35.4 Å². The number of nitrogens with one attached hydrogen (secondary N) is 2. The Balaban J connectivity index is 0.00000588. The zero-order valence-corrected chi connectivity index (χ0v) is 30.2. The second-order valence-electron chi connectivity index (χ2n) is 11.3. The third-order valence-corrected chi connectivity index (χ3v) is 8.02. The van der Waals surface area contributed by atoms with E-state index in [1.165, 1.54) is 44.8 Å². The smallest absolute Gasteiger partial charge is 1.00 e. The number of hydrogen-bond donors (Lipinski definition) is 2. The fourth-order valence-corrected chi connectivity index (χ4v) is 5.86. The minimum atomic E-state index is 0. The summed E-state index contributed by atoms with van der Waals surface area (Å²) >= 11 is 0.